The van der Waals surface area contributed by atoms with Crippen LogP contribution in [0.25, 0.3) is 11.4 Å². The second kappa shape index (κ2) is 7.73. The van der Waals surface area contributed by atoms with Gasteiger partial charge in [0.2, 0.25) is 5.82 Å². The third kappa shape index (κ3) is 3.88. The molecule has 1 spiro atoms. The van der Waals surface area contributed by atoms with E-state index in [1.807, 2.05) is 31.3 Å². The second-order valence-corrected chi connectivity index (χ2v) is 8.08. The van der Waals surface area contributed by atoms with Gasteiger partial charge in [-0.25, -0.2) is 0 Å². The third-order valence-electron chi connectivity index (χ3n) is 5.78. The molecule has 4 heterocycles. The lowest BCUT2D eigenvalue weighted by atomic mass is 9.89. The zero-order valence-electron chi connectivity index (χ0n) is 17.8. The first-order valence-electron chi connectivity index (χ1n) is 10.2. The maximum atomic E-state index is 6.15. The Morgan fingerprint density at radius 1 is 1.13 bits per heavy atom. The Balaban J connectivity index is 1.21. The van der Waals surface area contributed by atoms with Crippen LogP contribution in [0.15, 0.2) is 41.1 Å². The molecule has 31 heavy (non-hydrogen) atoms. The summed E-state index contributed by atoms with van der Waals surface area (Å²) in [5.41, 5.74) is 2.84. The van der Waals surface area contributed by atoms with Crippen molar-refractivity contribution < 1.29 is 18.7 Å². The van der Waals surface area contributed by atoms with Gasteiger partial charge in [-0.15, -0.1) is 0 Å². The predicted molar refractivity (Wildman–Crippen MR) is 115 cm³/mol. The summed E-state index contributed by atoms with van der Waals surface area (Å²) in [5.74, 6) is 1.80. The fourth-order valence-electron chi connectivity index (χ4n) is 4.23. The minimum absolute atomic E-state index is 0.120. The molecule has 2 saturated heterocycles. The lowest BCUT2D eigenvalue weighted by Gasteiger charge is -2.48. The van der Waals surface area contributed by atoms with Gasteiger partial charge < -0.3 is 29.0 Å². The summed E-state index contributed by atoms with van der Waals surface area (Å²) >= 11 is 0. The summed E-state index contributed by atoms with van der Waals surface area (Å²) in [6.45, 7) is 4.35. The van der Waals surface area contributed by atoms with E-state index in [1.54, 1.807) is 20.3 Å². The summed E-state index contributed by atoms with van der Waals surface area (Å²) in [4.78, 5) is 11.1. The number of hydrogen-bond acceptors (Lipinski definition) is 9. The van der Waals surface area contributed by atoms with Gasteiger partial charge in [-0.3, -0.25) is 4.98 Å². The van der Waals surface area contributed by atoms with Crippen LogP contribution in [0.1, 0.15) is 12.1 Å². The molecule has 3 aromatic rings. The molecule has 0 bridgehead atoms. The molecule has 1 unspecified atom stereocenters. The van der Waals surface area contributed by atoms with E-state index in [0.717, 1.165) is 30.8 Å². The molecule has 1 N–H and O–H groups in total. The molecular weight excluding hydrogens is 398 g/mol. The highest BCUT2D eigenvalue weighted by atomic mass is 16.5. The van der Waals surface area contributed by atoms with Gasteiger partial charge in [-0.05, 0) is 31.2 Å². The van der Waals surface area contributed by atoms with Gasteiger partial charge in [-0.2, -0.15) is 4.98 Å². The van der Waals surface area contributed by atoms with Crippen molar-refractivity contribution in [2.75, 3.05) is 44.1 Å². The number of aryl methyl sites for hydroxylation is 1. The fraction of sp³-hybridized carbons (Fsp3) is 0.409. The number of anilines is 2. The number of hydrogen-bond donors (Lipinski definition) is 1. The summed E-state index contributed by atoms with van der Waals surface area (Å²) in [6.07, 6.45) is 2.73. The standard InChI is InChI=1S/C22H25N5O4/c1-14-6-17(4-5-23-14)27-12-22(13-27)10-16(11-30-22)24-21-25-20(26-31-21)15-7-18(28-2)9-19(8-15)29-3/h4-9,16H,10-13H2,1-3H3,(H,24,25,26). The van der Waals surface area contributed by atoms with Crippen molar-refractivity contribution in [2.24, 2.45) is 0 Å². The Morgan fingerprint density at radius 3 is 2.61 bits per heavy atom. The lowest BCUT2D eigenvalue weighted by Crippen LogP contribution is -2.62. The second-order valence-electron chi connectivity index (χ2n) is 8.08. The Hall–Kier alpha value is -3.33. The van der Waals surface area contributed by atoms with Crippen LogP contribution in [0.2, 0.25) is 0 Å². The Labute approximate surface area is 180 Å². The number of benzene rings is 1. The smallest absolute Gasteiger partial charge is 0.322 e. The monoisotopic (exact) mass is 423 g/mol. The Kier molecular flexibility index (Phi) is 4.90. The fourth-order valence-corrected chi connectivity index (χ4v) is 4.23. The van der Waals surface area contributed by atoms with Crippen molar-refractivity contribution in [1.29, 1.82) is 0 Å². The topological polar surface area (TPSA) is 94.8 Å². The van der Waals surface area contributed by atoms with E-state index < -0.39 is 0 Å². The quantitative estimate of drug-likeness (QED) is 0.642. The van der Waals surface area contributed by atoms with Crippen LogP contribution >= 0.6 is 0 Å². The van der Waals surface area contributed by atoms with Gasteiger partial charge in [0.05, 0.1) is 26.9 Å². The first-order chi connectivity index (χ1) is 15.1. The lowest BCUT2D eigenvalue weighted by molar-refractivity contribution is -0.0181. The summed E-state index contributed by atoms with van der Waals surface area (Å²) in [5, 5.41) is 7.41. The molecule has 9 heteroatoms. The molecule has 0 saturated carbocycles. The van der Waals surface area contributed by atoms with E-state index in [4.69, 9.17) is 18.7 Å². The largest absolute Gasteiger partial charge is 0.497 e. The van der Waals surface area contributed by atoms with Crippen LogP contribution in [0.5, 0.6) is 11.5 Å². The summed E-state index contributed by atoms with van der Waals surface area (Å²) < 4.78 is 22.2. The molecule has 0 amide bonds. The molecule has 0 aliphatic carbocycles. The number of aromatic nitrogens is 3. The minimum atomic E-state index is -0.127. The van der Waals surface area contributed by atoms with Gasteiger partial charge in [0.25, 0.3) is 0 Å². The number of nitrogens with zero attached hydrogens (tertiary/aromatic N) is 4. The van der Waals surface area contributed by atoms with Crippen molar-refractivity contribution in [3.63, 3.8) is 0 Å². The molecule has 162 valence electrons. The SMILES string of the molecule is COc1cc(OC)cc(-c2noc(NC3COC4(C3)CN(c3ccnc(C)c3)C4)n2)c1. The maximum Gasteiger partial charge on any atom is 0.322 e. The predicted octanol–water partition coefficient (Wildman–Crippen LogP) is 2.92. The highest BCUT2D eigenvalue weighted by Crippen LogP contribution is 2.38. The van der Waals surface area contributed by atoms with E-state index in [0.29, 0.717) is 29.9 Å². The number of nitrogens with one attached hydrogen (secondary N) is 1. The van der Waals surface area contributed by atoms with Crippen LogP contribution in [-0.2, 0) is 4.74 Å². The normalized spacial score (nSPS) is 19.3. The maximum absolute atomic E-state index is 6.15. The number of rotatable bonds is 6. The van der Waals surface area contributed by atoms with Crippen molar-refractivity contribution in [3.8, 4) is 22.9 Å². The van der Waals surface area contributed by atoms with E-state index in [1.165, 1.54) is 5.69 Å². The molecule has 9 nitrogen and oxygen atoms in total. The molecule has 2 fully saturated rings. The van der Waals surface area contributed by atoms with Crippen molar-refractivity contribution >= 4 is 11.7 Å². The average Bonchev–Trinajstić information content (AvgIpc) is 3.40. The van der Waals surface area contributed by atoms with Gasteiger partial charge >= 0.3 is 6.01 Å². The van der Waals surface area contributed by atoms with Gasteiger partial charge in [-0.1, -0.05) is 5.16 Å². The molecule has 1 aromatic carbocycles. The van der Waals surface area contributed by atoms with E-state index >= 15 is 0 Å². The molecule has 5 rings (SSSR count). The van der Waals surface area contributed by atoms with E-state index in [2.05, 4.69) is 31.4 Å². The minimum Gasteiger partial charge on any atom is -0.497 e. The van der Waals surface area contributed by atoms with Gasteiger partial charge in [0, 0.05) is 48.7 Å². The highest BCUT2D eigenvalue weighted by molar-refractivity contribution is 5.61. The Morgan fingerprint density at radius 2 is 1.90 bits per heavy atom. The number of ether oxygens (including phenoxy) is 3. The highest BCUT2D eigenvalue weighted by Gasteiger charge is 2.50. The van der Waals surface area contributed by atoms with Gasteiger partial charge in [0.1, 0.15) is 17.1 Å². The molecule has 1 atom stereocenters. The van der Waals surface area contributed by atoms with E-state index in [-0.39, 0.29) is 11.6 Å². The molecular formula is C22H25N5O4. The average molecular weight is 423 g/mol. The van der Waals surface area contributed by atoms with Crippen LogP contribution < -0.4 is 19.7 Å². The molecule has 0 radical (unpaired) electrons. The zero-order chi connectivity index (χ0) is 21.4. The first kappa shape index (κ1) is 19.6. The van der Waals surface area contributed by atoms with Crippen molar-refractivity contribution in [2.45, 2.75) is 25.0 Å². The van der Waals surface area contributed by atoms with Crippen molar-refractivity contribution in [3.05, 3.63) is 42.2 Å². The van der Waals surface area contributed by atoms with Gasteiger partial charge in [0.15, 0.2) is 0 Å². The molecule has 2 aliphatic rings. The first-order valence-corrected chi connectivity index (χ1v) is 10.2. The molecule has 2 aliphatic heterocycles. The van der Waals surface area contributed by atoms with Crippen LogP contribution in [0.3, 0.4) is 0 Å². The van der Waals surface area contributed by atoms with Crippen LogP contribution in [-0.4, -0.2) is 60.7 Å². The van der Waals surface area contributed by atoms with Crippen molar-refractivity contribution in [1.82, 2.24) is 15.1 Å². The number of methoxy groups -OCH3 is 2. The Bertz CT molecular complexity index is 1060. The third-order valence-corrected chi connectivity index (χ3v) is 5.78. The molecule has 2 aromatic heterocycles. The zero-order valence-corrected chi connectivity index (χ0v) is 17.8. The van der Waals surface area contributed by atoms with E-state index in [9.17, 15) is 0 Å². The van der Waals surface area contributed by atoms with Crippen LogP contribution in [0.4, 0.5) is 11.7 Å². The number of pyridine rings is 1. The summed E-state index contributed by atoms with van der Waals surface area (Å²) in [6, 6.07) is 10.1. The summed E-state index contributed by atoms with van der Waals surface area (Å²) in [7, 11) is 3.21. The van der Waals surface area contributed by atoms with Crippen LogP contribution in [0, 0.1) is 6.92 Å².